The Morgan fingerprint density at radius 1 is 1.38 bits per heavy atom. The zero-order valence-electron chi connectivity index (χ0n) is 16.4. The number of carbonyl (C=O) groups excluding carboxylic acids is 1. The molecule has 6 nitrogen and oxygen atoms in total. The fourth-order valence-corrected chi connectivity index (χ4v) is 3.71. The minimum Gasteiger partial charge on any atom is -0.384 e. The fraction of sp³-hybridized carbons (Fsp3) is 0.789. The Balaban J connectivity index is 0.00000243. The first-order valence-corrected chi connectivity index (χ1v) is 9.43. The second-order valence-electron chi connectivity index (χ2n) is 8.68. The van der Waals surface area contributed by atoms with Crippen molar-refractivity contribution < 1.29 is 9.53 Å². The summed E-state index contributed by atoms with van der Waals surface area (Å²) in [5.41, 5.74) is 1.66. The van der Waals surface area contributed by atoms with E-state index in [1.54, 1.807) is 7.11 Å². The van der Waals surface area contributed by atoms with Crippen LogP contribution < -0.4 is 10.6 Å². The van der Waals surface area contributed by atoms with Crippen molar-refractivity contribution in [1.29, 1.82) is 0 Å². The molecular weight excluding hydrogens is 352 g/mol. The van der Waals surface area contributed by atoms with Gasteiger partial charge in [-0.15, -0.1) is 12.4 Å². The van der Waals surface area contributed by atoms with Crippen LogP contribution in [0.2, 0.25) is 0 Å². The predicted molar refractivity (Wildman–Crippen MR) is 105 cm³/mol. The van der Waals surface area contributed by atoms with E-state index in [9.17, 15) is 4.79 Å². The van der Waals surface area contributed by atoms with Gasteiger partial charge in [-0.05, 0) is 65.6 Å². The van der Waals surface area contributed by atoms with E-state index in [1.165, 1.54) is 18.5 Å². The first-order chi connectivity index (χ1) is 11.8. The van der Waals surface area contributed by atoms with Gasteiger partial charge in [-0.2, -0.15) is 5.10 Å². The maximum atomic E-state index is 12.7. The zero-order chi connectivity index (χ0) is 18.1. The van der Waals surface area contributed by atoms with Crippen molar-refractivity contribution in [3.05, 3.63) is 17.5 Å². The number of amides is 1. The molecule has 2 fully saturated rings. The highest BCUT2D eigenvalue weighted by atomic mass is 35.5. The molecule has 0 radical (unpaired) electrons. The van der Waals surface area contributed by atoms with Gasteiger partial charge in [0.25, 0.3) is 5.91 Å². The van der Waals surface area contributed by atoms with Crippen molar-refractivity contribution in [2.75, 3.05) is 33.4 Å². The molecule has 1 saturated carbocycles. The summed E-state index contributed by atoms with van der Waals surface area (Å²) in [5, 5.41) is 11.1. The number of rotatable bonds is 6. The van der Waals surface area contributed by atoms with Crippen LogP contribution in [0.3, 0.4) is 0 Å². The smallest absolute Gasteiger partial charge is 0.271 e. The molecule has 0 aromatic carbocycles. The van der Waals surface area contributed by atoms with E-state index < -0.39 is 0 Å². The number of hydrogen-bond donors (Lipinski definition) is 2. The average Bonchev–Trinajstić information content (AvgIpc) is 3.31. The van der Waals surface area contributed by atoms with Crippen molar-refractivity contribution >= 4 is 18.3 Å². The van der Waals surface area contributed by atoms with Crippen LogP contribution in [0, 0.1) is 5.41 Å². The van der Waals surface area contributed by atoms with E-state index in [-0.39, 0.29) is 29.3 Å². The van der Waals surface area contributed by atoms with Crippen LogP contribution in [0.15, 0.2) is 6.07 Å². The molecule has 0 atom stereocenters. The van der Waals surface area contributed by atoms with Crippen molar-refractivity contribution in [1.82, 2.24) is 20.4 Å². The van der Waals surface area contributed by atoms with Crippen molar-refractivity contribution in [3.63, 3.8) is 0 Å². The molecule has 7 heteroatoms. The van der Waals surface area contributed by atoms with Crippen LogP contribution in [0.25, 0.3) is 0 Å². The molecule has 1 amide bonds. The lowest BCUT2D eigenvalue weighted by atomic mass is 9.79. The molecular formula is C19H33ClN4O2. The first-order valence-electron chi connectivity index (χ1n) is 9.43. The van der Waals surface area contributed by atoms with Crippen LogP contribution in [-0.2, 0) is 10.3 Å². The minimum absolute atomic E-state index is 0. The number of nitrogens with zero attached hydrogens (tertiary/aromatic N) is 2. The van der Waals surface area contributed by atoms with Gasteiger partial charge in [-0.1, -0.05) is 0 Å². The van der Waals surface area contributed by atoms with Crippen LogP contribution >= 0.6 is 12.4 Å². The lowest BCUT2D eigenvalue weighted by Gasteiger charge is -2.37. The molecule has 148 valence electrons. The van der Waals surface area contributed by atoms with Crippen LogP contribution in [0.5, 0.6) is 0 Å². The van der Waals surface area contributed by atoms with Crippen LogP contribution in [-0.4, -0.2) is 49.0 Å². The second kappa shape index (κ2) is 8.28. The molecule has 26 heavy (non-hydrogen) atoms. The highest BCUT2D eigenvalue weighted by Crippen LogP contribution is 2.41. The second-order valence-corrected chi connectivity index (χ2v) is 8.68. The third-order valence-corrected chi connectivity index (χ3v) is 5.34. The summed E-state index contributed by atoms with van der Waals surface area (Å²) < 4.78 is 7.47. The monoisotopic (exact) mass is 384 g/mol. The highest BCUT2D eigenvalue weighted by molar-refractivity contribution is 5.92. The van der Waals surface area contributed by atoms with Crippen molar-refractivity contribution in [3.8, 4) is 0 Å². The molecule has 1 saturated heterocycles. The van der Waals surface area contributed by atoms with Gasteiger partial charge in [0.05, 0.1) is 12.1 Å². The van der Waals surface area contributed by atoms with E-state index >= 15 is 0 Å². The maximum absolute atomic E-state index is 12.7. The largest absolute Gasteiger partial charge is 0.384 e. The molecule has 3 rings (SSSR count). The van der Waals surface area contributed by atoms with E-state index in [0.717, 1.165) is 25.9 Å². The topological polar surface area (TPSA) is 68.2 Å². The zero-order valence-corrected chi connectivity index (χ0v) is 17.2. The van der Waals surface area contributed by atoms with Gasteiger partial charge in [-0.3, -0.25) is 9.48 Å². The lowest BCUT2D eigenvalue weighted by molar-refractivity contribution is 0.0510. The number of nitrogens with one attached hydrogen (secondary N) is 2. The molecule has 1 aliphatic heterocycles. The third-order valence-electron chi connectivity index (χ3n) is 5.34. The quantitative estimate of drug-likeness (QED) is 0.791. The van der Waals surface area contributed by atoms with Crippen LogP contribution in [0.4, 0.5) is 0 Å². The SMILES string of the molecule is COCC1(CNC(=O)c2cc(C3CC3)n(C(C)(C)C)n2)CCNCC1.Cl. The number of methoxy groups -OCH3 is 1. The van der Waals surface area contributed by atoms with E-state index in [2.05, 4.69) is 36.5 Å². The van der Waals surface area contributed by atoms with Gasteiger partial charge < -0.3 is 15.4 Å². The van der Waals surface area contributed by atoms with Crippen molar-refractivity contribution in [2.24, 2.45) is 5.41 Å². The van der Waals surface area contributed by atoms with E-state index in [1.807, 2.05) is 10.7 Å². The summed E-state index contributed by atoms with van der Waals surface area (Å²) >= 11 is 0. The van der Waals surface area contributed by atoms with Gasteiger partial charge >= 0.3 is 0 Å². The molecule has 1 aliphatic carbocycles. The van der Waals surface area contributed by atoms with E-state index in [4.69, 9.17) is 4.74 Å². The summed E-state index contributed by atoms with van der Waals surface area (Å²) in [5.74, 6) is 0.497. The molecule has 1 aromatic heterocycles. The average molecular weight is 385 g/mol. The van der Waals surface area contributed by atoms with Gasteiger partial charge in [-0.25, -0.2) is 0 Å². The standard InChI is InChI=1S/C19H32N4O2.ClH/c1-18(2,3)23-16(14-5-6-14)11-15(22-23)17(24)21-12-19(13-25-4)7-9-20-10-8-19;/h11,14,20H,5-10,12-13H2,1-4H3,(H,21,24);1H. The lowest BCUT2D eigenvalue weighted by Crippen LogP contribution is -2.47. The summed E-state index contributed by atoms with van der Waals surface area (Å²) in [6.07, 6.45) is 4.44. The summed E-state index contributed by atoms with van der Waals surface area (Å²) in [6, 6.07) is 1.99. The summed E-state index contributed by atoms with van der Waals surface area (Å²) in [4.78, 5) is 12.7. The van der Waals surface area contributed by atoms with Crippen LogP contribution in [0.1, 0.15) is 68.6 Å². The van der Waals surface area contributed by atoms with E-state index in [0.29, 0.717) is 24.8 Å². The normalized spacial score (nSPS) is 19.7. The Morgan fingerprint density at radius 3 is 2.58 bits per heavy atom. The predicted octanol–water partition coefficient (Wildman–Crippen LogP) is 2.68. The Bertz CT molecular complexity index is 608. The number of ether oxygens (including phenoxy) is 1. The number of carbonyl (C=O) groups is 1. The van der Waals surface area contributed by atoms with Gasteiger partial charge in [0.15, 0.2) is 0 Å². The minimum atomic E-state index is -0.108. The molecule has 2 aliphatic rings. The first kappa shape index (κ1) is 21.2. The van der Waals surface area contributed by atoms with Crippen molar-refractivity contribution in [2.45, 2.75) is 57.9 Å². The van der Waals surface area contributed by atoms with Gasteiger partial charge in [0.1, 0.15) is 5.69 Å². The Hall–Kier alpha value is -1.11. The highest BCUT2D eigenvalue weighted by Gasteiger charge is 2.35. The molecule has 0 spiro atoms. The Labute approximate surface area is 162 Å². The molecule has 2 heterocycles. The molecule has 0 unspecified atom stereocenters. The third kappa shape index (κ3) is 4.78. The number of piperidine rings is 1. The summed E-state index contributed by atoms with van der Waals surface area (Å²) in [6.45, 7) is 9.68. The number of hydrogen-bond acceptors (Lipinski definition) is 4. The molecule has 0 bridgehead atoms. The van der Waals surface area contributed by atoms with Gasteiger partial charge in [0.2, 0.25) is 0 Å². The Kier molecular flexibility index (Phi) is 6.75. The molecule has 1 aromatic rings. The van der Waals surface area contributed by atoms with Gasteiger partial charge in [0, 0.05) is 30.7 Å². The summed E-state index contributed by atoms with van der Waals surface area (Å²) in [7, 11) is 1.73. The maximum Gasteiger partial charge on any atom is 0.271 e. The Morgan fingerprint density at radius 2 is 2.04 bits per heavy atom. The number of aromatic nitrogens is 2. The molecule has 2 N–H and O–H groups in total. The number of halogens is 1. The fourth-order valence-electron chi connectivity index (χ4n) is 3.71.